The summed E-state index contributed by atoms with van der Waals surface area (Å²) >= 11 is 0. The van der Waals surface area contributed by atoms with Crippen LogP contribution in [0.3, 0.4) is 0 Å². The van der Waals surface area contributed by atoms with Crippen LogP contribution in [0.4, 0.5) is 10.6 Å². The lowest BCUT2D eigenvalue weighted by Crippen LogP contribution is -2.39. The van der Waals surface area contributed by atoms with Gasteiger partial charge in [-0.3, -0.25) is 4.79 Å². The number of nitrogen functional groups attached to an aromatic ring is 1. The van der Waals surface area contributed by atoms with Crippen molar-refractivity contribution in [3.05, 3.63) is 41.6 Å². The van der Waals surface area contributed by atoms with Gasteiger partial charge < -0.3 is 25.0 Å². The molecule has 0 radical (unpaired) electrons. The Balaban J connectivity index is 1.52. The molecular weight excluding hydrogens is 372 g/mol. The van der Waals surface area contributed by atoms with Crippen LogP contribution in [-0.2, 0) is 4.74 Å². The first-order chi connectivity index (χ1) is 13.8. The normalized spacial score (nSPS) is 21.0. The number of methoxy groups -OCH3 is 1. The Morgan fingerprint density at radius 3 is 2.62 bits per heavy atom. The number of anilines is 1. The molecule has 2 aliphatic rings. The fourth-order valence-electron chi connectivity index (χ4n) is 4.04. The highest BCUT2D eigenvalue weighted by molar-refractivity contribution is 5.95. The Labute approximate surface area is 169 Å². The molecule has 8 nitrogen and oxygen atoms in total. The lowest BCUT2D eigenvalue weighted by Gasteiger charge is -2.22. The summed E-state index contributed by atoms with van der Waals surface area (Å²) in [6.45, 7) is 3.32. The smallest absolute Gasteiger partial charge is 0.410 e. The number of aromatic nitrogens is 1. The molecule has 1 unspecified atom stereocenters. The maximum absolute atomic E-state index is 12.9. The van der Waals surface area contributed by atoms with E-state index in [0.717, 1.165) is 16.8 Å². The molecule has 1 aromatic heterocycles. The van der Waals surface area contributed by atoms with E-state index in [1.807, 2.05) is 25.1 Å². The molecule has 1 aromatic carbocycles. The number of amides is 2. The molecule has 29 heavy (non-hydrogen) atoms. The van der Waals surface area contributed by atoms with Crippen molar-refractivity contribution >= 4 is 17.8 Å². The molecule has 2 saturated heterocycles. The minimum absolute atomic E-state index is 0.0772. The zero-order valence-corrected chi connectivity index (χ0v) is 16.8. The van der Waals surface area contributed by atoms with Crippen molar-refractivity contribution in [2.75, 3.05) is 39.5 Å². The maximum atomic E-state index is 12.9. The van der Waals surface area contributed by atoms with Crippen molar-refractivity contribution in [1.82, 2.24) is 14.8 Å². The first kappa shape index (κ1) is 19.0. The van der Waals surface area contributed by atoms with Crippen LogP contribution in [0.25, 0.3) is 11.1 Å². The molecule has 2 N–H and O–H groups in total. The Hall–Kier alpha value is -3.29. The molecule has 3 heterocycles. The lowest BCUT2D eigenvalue weighted by molar-refractivity contribution is 0.0553. The molecule has 1 spiro atoms. The number of hydrogen-bond acceptors (Lipinski definition) is 6. The zero-order chi connectivity index (χ0) is 20.8. The second-order valence-corrected chi connectivity index (χ2v) is 7.67. The minimum Gasteiger partial charge on any atom is -0.495 e. The summed E-state index contributed by atoms with van der Waals surface area (Å²) in [7, 11) is 3.30. The number of nitrogens with two attached hydrogens (primary N) is 1. The standard InChI is InChI=1S/C21H24N4O4/c1-13-17(28-3)10-16(18(22)23-13)14-4-6-15(7-5-14)19(26)25-9-8-21(12-25)11-24(2)20(27)29-21/h4-7,10H,8-9,11-12H2,1-3H3,(H2,22,23). The topological polar surface area (TPSA) is 98.0 Å². The summed E-state index contributed by atoms with van der Waals surface area (Å²) in [4.78, 5) is 32.3. The van der Waals surface area contributed by atoms with Gasteiger partial charge in [-0.15, -0.1) is 0 Å². The van der Waals surface area contributed by atoms with Gasteiger partial charge in [0.1, 0.15) is 11.6 Å². The van der Waals surface area contributed by atoms with E-state index in [0.29, 0.717) is 43.2 Å². The van der Waals surface area contributed by atoms with Crippen molar-refractivity contribution < 1.29 is 19.1 Å². The van der Waals surface area contributed by atoms with Gasteiger partial charge in [-0.05, 0) is 30.7 Å². The van der Waals surface area contributed by atoms with Crippen LogP contribution >= 0.6 is 0 Å². The van der Waals surface area contributed by atoms with Crippen LogP contribution in [0, 0.1) is 6.92 Å². The monoisotopic (exact) mass is 396 g/mol. The average Bonchev–Trinajstić information content (AvgIpc) is 3.23. The molecule has 0 saturated carbocycles. The first-order valence-corrected chi connectivity index (χ1v) is 9.47. The molecule has 2 fully saturated rings. The van der Waals surface area contributed by atoms with Crippen LogP contribution in [0.1, 0.15) is 22.5 Å². The van der Waals surface area contributed by atoms with Gasteiger partial charge in [0.05, 0.1) is 25.9 Å². The van der Waals surface area contributed by atoms with E-state index in [4.69, 9.17) is 15.2 Å². The van der Waals surface area contributed by atoms with Gasteiger partial charge in [-0.1, -0.05) is 12.1 Å². The number of nitrogens with zero attached hydrogens (tertiary/aromatic N) is 3. The number of carbonyl (C=O) groups is 2. The molecule has 2 aromatic rings. The molecule has 8 heteroatoms. The number of hydrogen-bond donors (Lipinski definition) is 1. The number of rotatable bonds is 3. The Morgan fingerprint density at radius 1 is 1.28 bits per heavy atom. The van der Waals surface area contributed by atoms with Crippen LogP contribution in [-0.4, -0.2) is 66.2 Å². The average molecular weight is 396 g/mol. The predicted octanol–water partition coefficient (Wildman–Crippen LogP) is 2.31. The van der Waals surface area contributed by atoms with Crippen molar-refractivity contribution in [3.8, 4) is 16.9 Å². The highest BCUT2D eigenvalue weighted by Gasteiger charge is 2.49. The fourth-order valence-corrected chi connectivity index (χ4v) is 4.04. The number of ether oxygens (including phenoxy) is 2. The Bertz CT molecular complexity index is 975. The zero-order valence-electron chi connectivity index (χ0n) is 16.8. The summed E-state index contributed by atoms with van der Waals surface area (Å²) in [6.07, 6.45) is 0.321. The van der Waals surface area contributed by atoms with E-state index in [9.17, 15) is 9.59 Å². The number of likely N-dealkylation sites (N-methyl/N-ethyl adjacent to an activating group) is 1. The fraction of sp³-hybridized carbons (Fsp3) is 0.381. The van der Waals surface area contributed by atoms with Crippen molar-refractivity contribution in [2.24, 2.45) is 0 Å². The predicted molar refractivity (Wildman–Crippen MR) is 108 cm³/mol. The lowest BCUT2D eigenvalue weighted by atomic mass is 10.0. The SMILES string of the molecule is COc1cc(-c2ccc(C(=O)N3CCC4(CN(C)C(=O)O4)C3)cc2)c(N)nc1C. The van der Waals surface area contributed by atoms with Crippen LogP contribution < -0.4 is 10.5 Å². The minimum atomic E-state index is -0.583. The van der Waals surface area contributed by atoms with E-state index in [1.54, 1.807) is 36.1 Å². The summed E-state index contributed by atoms with van der Waals surface area (Å²) in [5.74, 6) is 0.996. The largest absolute Gasteiger partial charge is 0.495 e. The number of pyridine rings is 1. The van der Waals surface area contributed by atoms with Gasteiger partial charge in [0.2, 0.25) is 0 Å². The molecule has 152 valence electrons. The van der Waals surface area contributed by atoms with Gasteiger partial charge in [0.25, 0.3) is 5.91 Å². The molecule has 2 amide bonds. The number of aryl methyl sites for hydroxylation is 1. The van der Waals surface area contributed by atoms with Gasteiger partial charge >= 0.3 is 6.09 Å². The van der Waals surface area contributed by atoms with Crippen LogP contribution in [0.2, 0.25) is 0 Å². The second kappa shape index (κ2) is 6.95. The molecule has 0 bridgehead atoms. The molecule has 1 atom stereocenters. The molecule has 4 rings (SSSR count). The van der Waals surface area contributed by atoms with E-state index in [-0.39, 0.29) is 12.0 Å². The third kappa shape index (κ3) is 3.35. The number of benzene rings is 1. The summed E-state index contributed by atoms with van der Waals surface area (Å²) in [6, 6.07) is 9.11. The van der Waals surface area contributed by atoms with Gasteiger partial charge in [-0.25, -0.2) is 9.78 Å². The highest BCUT2D eigenvalue weighted by Crippen LogP contribution is 2.33. The van der Waals surface area contributed by atoms with Gasteiger partial charge in [0, 0.05) is 31.1 Å². The summed E-state index contributed by atoms with van der Waals surface area (Å²) in [5, 5.41) is 0. The third-order valence-electron chi connectivity index (χ3n) is 5.60. The highest BCUT2D eigenvalue weighted by atomic mass is 16.6. The second-order valence-electron chi connectivity index (χ2n) is 7.67. The van der Waals surface area contributed by atoms with E-state index < -0.39 is 5.60 Å². The summed E-state index contributed by atoms with van der Waals surface area (Å²) < 4.78 is 10.9. The number of carbonyl (C=O) groups excluding carboxylic acids is 2. The molecule has 0 aliphatic carbocycles. The summed E-state index contributed by atoms with van der Waals surface area (Å²) in [5.41, 5.74) is 8.41. The van der Waals surface area contributed by atoms with E-state index >= 15 is 0 Å². The van der Waals surface area contributed by atoms with Crippen molar-refractivity contribution in [1.29, 1.82) is 0 Å². The molecule has 2 aliphatic heterocycles. The van der Waals surface area contributed by atoms with Crippen molar-refractivity contribution in [3.63, 3.8) is 0 Å². The maximum Gasteiger partial charge on any atom is 0.410 e. The van der Waals surface area contributed by atoms with Gasteiger partial charge in [0.15, 0.2) is 5.60 Å². The van der Waals surface area contributed by atoms with E-state index in [2.05, 4.69) is 4.98 Å². The Kier molecular flexibility index (Phi) is 4.56. The van der Waals surface area contributed by atoms with Crippen LogP contribution in [0.5, 0.6) is 5.75 Å². The van der Waals surface area contributed by atoms with Crippen LogP contribution in [0.15, 0.2) is 30.3 Å². The van der Waals surface area contributed by atoms with Crippen molar-refractivity contribution in [2.45, 2.75) is 18.9 Å². The molecular formula is C21H24N4O4. The van der Waals surface area contributed by atoms with E-state index in [1.165, 1.54) is 0 Å². The third-order valence-corrected chi connectivity index (χ3v) is 5.60. The number of likely N-dealkylation sites (tertiary alicyclic amines) is 1. The quantitative estimate of drug-likeness (QED) is 0.855. The first-order valence-electron chi connectivity index (χ1n) is 9.47. The van der Waals surface area contributed by atoms with Gasteiger partial charge in [-0.2, -0.15) is 0 Å². The Morgan fingerprint density at radius 2 is 2.00 bits per heavy atom.